The van der Waals surface area contributed by atoms with Gasteiger partial charge in [-0.05, 0) is 12.1 Å². The van der Waals surface area contributed by atoms with Crippen LogP contribution in [0.5, 0.6) is 5.75 Å². The molecule has 2 atom stereocenters. The van der Waals surface area contributed by atoms with Crippen LogP contribution in [0.2, 0.25) is 0 Å². The minimum Gasteiger partial charge on any atom is -0.493 e. The number of amides is 3. The number of likely N-dealkylation sites (tertiary alicyclic amines) is 1. The number of rotatable bonds is 7. The van der Waals surface area contributed by atoms with Gasteiger partial charge in [-0.1, -0.05) is 18.2 Å². The van der Waals surface area contributed by atoms with Gasteiger partial charge in [-0.15, -0.1) is 0 Å². The molecule has 0 saturated carbocycles. The molecule has 0 aromatic heterocycles. The topological polar surface area (TPSA) is 87.7 Å². The van der Waals surface area contributed by atoms with Crippen LogP contribution in [0.1, 0.15) is 19.8 Å². The third-order valence-corrected chi connectivity index (χ3v) is 3.94. The molecule has 1 aliphatic heterocycles. The number of benzene rings is 1. The van der Waals surface area contributed by atoms with E-state index in [1.807, 2.05) is 18.2 Å². The molecule has 1 saturated heterocycles. The van der Waals surface area contributed by atoms with E-state index in [1.54, 1.807) is 12.1 Å². The second-order valence-corrected chi connectivity index (χ2v) is 6.22. The molecule has 1 aromatic rings. The van der Waals surface area contributed by atoms with Crippen molar-refractivity contribution in [3.63, 3.8) is 0 Å². The Balaban J connectivity index is 1.77. The summed E-state index contributed by atoms with van der Waals surface area (Å²) < 4.78 is 19.4. The number of piperidine rings is 1. The molecule has 142 valence electrons. The number of ether oxygens (including phenoxy) is 1. The van der Waals surface area contributed by atoms with Gasteiger partial charge in [0.05, 0.1) is 26.1 Å². The Bertz CT molecular complexity index is 626. The van der Waals surface area contributed by atoms with Gasteiger partial charge in [-0.2, -0.15) is 0 Å². The van der Waals surface area contributed by atoms with Gasteiger partial charge in [0.1, 0.15) is 11.9 Å². The third kappa shape index (κ3) is 6.70. The molecule has 1 aliphatic rings. The summed E-state index contributed by atoms with van der Waals surface area (Å²) in [6.07, 6.45) is -0.918. The normalized spacial score (nSPS) is 19.5. The molecule has 0 spiro atoms. The van der Waals surface area contributed by atoms with Crippen LogP contribution in [-0.2, 0) is 14.4 Å². The molecule has 1 heterocycles. The summed E-state index contributed by atoms with van der Waals surface area (Å²) in [4.78, 5) is 36.3. The van der Waals surface area contributed by atoms with Crippen molar-refractivity contribution < 1.29 is 23.5 Å². The van der Waals surface area contributed by atoms with Gasteiger partial charge >= 0.3 is 0 Å². The second kappa shape index (κ2) is 9.74. The maximum Gasteiger partial charge on any atom is 0.239 e. The number of nitrogens with one attached hydrogen (secondary N) is 2. The fourth-order valence-electron chi connectivity index (χ4n) is 2.76. The Labute approximate surface area is 151 Å². The molecule has 0 aliphatic carbocycles. The molecule has 7 nitrogen and oxygen atoms in total. The Morgan fingerprint density at radius 2 is 1.96 bits per heavy atom. The van der Waals surface area contributed by atoms with Crippen molar-refractivity contribution in [2.24, 2.45) is 0 Å². The molecule has 3 amide bonds. The van der Waals surface area contributed by atoms with Crippen molar-refractivity contribution in [2.45, 2.75) is 32.0 Å². The number of hydrogen-bond acceptors (Lipinski definition) is 4. The van der Waals surface area contributed by atoms with Crippen LogP contribution in [0, 0.1) is 0 Å². The average molecular weight is 365 g/mol. The molecule has 0 bridgehead atoms. The Hall–Kier alpha value is -2.64. The molecule has 2 N–H and O–H groups in total. The number of para-hydroxylation sites is 1. The van der Waals surface area contributed by atoms with Gasteiger partial charge in [0.2, 0.25) is 17.7 Å². The lowest BCUT2D eigenvalue weighted by Gasteiger charge is -2.35. The van der Waals surface area contributed by atoms with Crippen molar-refractivity contribution in [3.05, 3.63) is 30.3 Å². The van der Waals surface area contributed by atoms with Crippen molar-refractivity contribution in [1.82, 2.24) is 15.5 Å². The summed E-state index contributed by atoms with van der Waals surface area (Å²) in [6, 6.07) is 8.66. The molecule has 0 radical (unpaired) electrons. The average Bonchev–Trinajstić information content (AvgIpc) is 2.60. The highest BCUT2D eigenvalue weighted by molar-refractivity contribution is 5.84. The lowest BCUT2D eigenvalue weighted by Crippen LogP contribution is -2.54. The van der Waals surface area contributed by atoms with Crippen LogP contribution in [0.25, 0.3) is 0 Å². The first-order chi connectivity index (χ1) is 12.4. The van der Waals surface area contributed by atoms with Crippen molar-refractivity contribution in [2.75, 3.05) is 26.2 Å². The predicted octanol–water partition coefficient (Wildman–Crippen LogP) is 0.647. The third-order valence-electron chi connectivity index (χ3n) is 3.94. The largest absolute Gasteiger partial charge is 0.493 e. The lowest BCUT2D eigenvalue weighted by atomic mass is 10.0. The van der Waals surface area contributed by atoms with Gasteiger partial charge in [0.25, 0.3) is 0 Å². The van der Waals surface area contributed by atoms with E-state index in [4.69, 9.17) is 4.74 Å². The minimum absolute atomic E-state index is 0.0161. The van der Waals surface area contributed by atoms with E-state index in [-0.39, 0.29) is 50.9 Å². The zero-order valence-corrected chi connectivity index (χ0v) is 14.7. The van der Waals surface area contributed by atoms with E-state index in [1.165, 1.54) is 11.8 Å². The fourth-order valence-corrected chi connectivity index (χ4v) is 2.76. The van der Waals surface area contributed by atoms with E-state index >= 15 is 0 Å². The van der Waals surface area contributed by atoms with E-state index in [0.29, 0.717) is 5.75 Å². The lowest BCUT2D eigenvalue weighted by molar-refractivity contribution is -0.135. The molecule has 0 unspecified atom stereocenters. The van der Waals surface area contributed by atoms with Gasteiger partial charge in [0, 0.05) is 25.9 Å². The molecule has 8 heteroatoms. The molecular formula is C18H24FN3O4. The summed E-state index contributed by atoms with van der Waals surface area (Å²) in [5.41, 5.74) is 0. The maximum atomic E-state index is 13.9. The van der Waals surface area contributed by atoms with E-state index in [9.17, 15) is 18.8 Å². The highest BCUT2D eigenvalue weighted by Gasteiger charge is 2.30. The number of alkyl halides is 1. The van der Waals surface area contributed by atoms with Crippen molar-refractivity contribution in [3.8, 4) is 5.75 Å². The first-order valence-electron chi connectivity index (χ1n) is 8.57. The van der Waals surface area contributed by atoms with Crippen molar-refractivity contribution >= 4 is 17.7 Å². The number of hydrogen-bond donors (Lipinski definition) is 2. The number of halogens is 1. The Morgan fingerprint density at radius 3 is 2.65 bits per heavy atom. The van der Waals surface area contributed by atoms with E-state index in [2.05, 4.69) is 10.6 Å². The molecule has 26 heavy (non-hydrogen) atoms. The summed E-state index contributed by atoms with van der Waals surface area (Å²) in [5.74, 6) is -0.267. The summed E-state index contributed by atoms with van der Waals surface area (Å²) in [6.45, 7) is 1.61. The van der Waals surface area contributed by atoms with Crippen LogP contribution < -0.4 is 15.4 Å². The fraction of sp³-hybridized carbons (Fsp3) is 0.500. The minimum atomic E-state index is -1.20. The first kappa shape index (κ1) is 19.7. The maximum absolute atomic E-state index is 13.9. The summed E-state index contributed by atoms with van der Waals surface area (Å²) >= 11 is 0. The zero-order chi connectivity index (χ0) is 18.9. The van der Waals surface area contributed by atoms with Gasteiger partial charge in [-0.3, -0.25) is 14.4 Å². The van der Waals surface area contributed by atoms with E-state index < -0.39 is 18.1 Å². The van der Waals surface area contributed by atoms with Crippen LogP contribution in [0.15, 0.2) is 30.3 Å². The van der Waals surface area contributed by atoms with Gasteiger partial charge < -0.3 is 20.3 Å². The number of carbonyl (C=O) groups excluding carboxylic acids is 3. The highest BCUT2D eigenvalue weighted by atomic mass is 19.1. The van der Waals surface area contributed by atoms with Gasteiger partial charge in [0.15, 0.2) is 0 Å². The summed E-state index contributed by atoms with van der Waals surface area (Å²) in [5, 5.41) is 5.03. The van der Waals surface area contributed by atoms with Crippen LogP contribution >= 0.6 is 0 Å². The van der Waals surface area contributed by atoms with Crippen molar-refractivity contribution in [1.29, 1.82) is 0 Å². The molecule has 1 aromatic carbocycles. The first-order valence-corrected chi connectivity index (χ1v) is 8.57. The monoisotopic (exact) mass is 365 g/mol. The van der Waals surface area contributed by atoms with Crippen LogP contribution in [0.3, 0.4) is 0 Å². The number of carbonyl (C=O) groups is 3. The molecular weight excluding hydrogens is 341 g/mol. The highest BCUT2D eigenvalue weighted by Crippen LogP contribution is 2.15. The summed E-state index contributed by atoms with van der Waals surface area (Å²) in [7, 11) is 0. The zero-order valence-electron chi connectivity index (χ0n) is 14.7. The van der Waals surface area contributed by atoms with Crippen LogP contribution in [0.4, 0.5) is 4.39 Å². The van der Waals surface area contributed by atoms with E-state index in [0.717, 1.165) is 0 Å². The molecule has 2 rings (SSSR count). The Kier molecular flexibility index (Phi) is 7.37. The molecule has 1 fully saturated rings. The SMILES string of the molecule is CC(=O)NCC(=O)N[C@H]1C[C@@H](F)CN(C(=O)CCOc2ccccc2)C1. The predicted molar refractivity (Wildman–Crippen MR) is 93.3 cm³/mol. The van der Waals surface area contributed by atoms with Crippen LogP contribution in [-0.4, -0.2) is 61.1 Å². The quantitative estimate of drug-likeness (QED) is 0.743. The van der Waals surface area contributed by atoms with Gasteiger partial charge in [-0.25, -0.2) is 4.39 Å². The number of nitrogens with zero attached hydrogens (tertiary/aromatic N) is 1. The standard InChI is InChI=1S/C18H24FN3O4/c1-13(23)20-10-17(24)21-15-9-14(19)11-22(12-15)18(25)7-8-26-16-5-3-2-4-6-16/h2-6,14-15H,7-12H2,1H3,(H,20,23)(H,21,24)/t14-,15+/m1/s1. The second-order valence-electron chi connectivity index (χ2n) is 6.22. The smallest absolute Gasteiger partial charge is 0.239 e. The Morgan fingerprint density at radius 1 is 1.23 bits per heavy atom.